The van der Waals surface area contributed by atoms with Crippen LogP contribution in [0, 0.1) is 6.42 Å². The molecule has 39 valence electrons. The third-order valence-electron chi connectivity index (χ3n) is 1.07. The first-order valence-corrected chi connectivity index (χ1v) is 2.32. The van der Waals surface area contributed by atoms with Crippen LogP contribution in [0.5, 0.6) is 0 Å². The summed E-state index contributed by atoms with van der Waals surface area (Å²) in [4.78, 5) is 0. The molecular weight excluding hydrogens is 163 g/mol. The second kappa shape index (κ2) is 3.80. The Morgan fingerprint density at radius 3 is 1.67 bits per heavy atom. The average molecular weight is 172 g/mol. The first-order chi connectivity index (χ1) is 2.50. The van der Waals surface area contributed by atoms with Crippen molar-refractivity contribution < 1.29 is 19.5 Å². The molecule has 0 atom stereocenters. The van der Waals surface area contributed by atoms with Gasteiger partial charge >= 0.3 is 0 Å². The Balaban J connectivity index is 0.000000250. The minimum absolute atomic E-state index is 0. The van der Waals surface area contributed by atoms with Gasteiger partial charge in [-0.1, -0.05) is 12.8 Å². The van der Waals surface area contributed by atoms with Gasteiger partial charge in [0.25, 0.3) is 0 Å². The Morgan fingerprint density at radius 2 is 1.50 bits per heavy atom. The van der Waals surface area contributed by atoms with Crippen LogP contribution in [0.2, 0.25) is 0 Å². The van der Waals surface area contributed by atoms with Crippen molar-refractivity contribution in [1.82, 2.24) is 0 Å². The number of rotatable bonds is 0. The maximum absolute atomic E-state index is 2.36. The summed E-state index contributed by atoms with van der Waals surface area (Å²) < 4.78 is 0. The van der Waals surface area contributed by atoms with Gasteiger partial charge in [0.1, 0.15) is 0 Å². The van der Waals surface area contributed by atoms with Crippen LogP contribution in [0.1, 0.15) is 25.7 Å². The van der Waals surface area contributed by atoms with Gasteiger partial charge in [-0.2, -0.15) is 12.8 Å². The largest absolute Gasteiger partial charge is 0.328 e. The van der Waals surface area contributed by atoms with Gasteiger partial charge in [-0.05, 0) is 0 Å². The molecule has 0 aliphatic heterocycles. The van der Waals surface area contributed by atoms with Gasteiger partial charge in [0.15, 0.2) is 0 Å². The molecule has 0 bridgehead atoms. The van der Waals surface area contributed by atoms with Crippen molar-refractivity contribution in [2.24, 2.45) is 0 Å². The smallest absolute Gasteiger partial charge is 0 e. The fourth-order valence-corrected chi connectivity index (χ4v) is 0.722. The number of hydrogen-bond donors (Lipinski definition) is 0. The summed E-state index contributed by atoms with van der Waals surface area (Å²) in [7, 11) is 0. The molecule has 0 nitrogen and oxygen atoms in total. The molecule has 0 aromatic carbocycles. The van der Waals surface area contributed by atoms with E-state index in [0.717, 1.165) is 0 Å². The van der Waals surface area contributed by atoms with Crippen molar-refractivity contribution in [2.75, 3.05) is 0 Å². The Hall–Kier alpha value is 0.623. The van der Waals surface area contributed by atoms with E-state index < -0.39 is 0 Å². The molecule has 1 aliphatic rings. The summed E-state index contributed by atoms with van der Waals surface area (Å²) in [5.41, 5.74) is 0. The summed E-state index contributed by atoms with van der Waals surface area (Å²) in [6, 6.07) is 0. The summed E-state index contributed by atoms with van der Waals surface area (Å²) in [5.74, 6) is 0. The third kappa shape index (κ3) is 1.92. The molecule has 1 radical (unpaired) electrons. The van der Waals surface area contributed by atoms with Crippen molar-refractivity contribution >= 4 is 0 Å². The van der Waals surface area contributed by atoms with Crippen LogP contribution in [-0.4, -0.2) is 0 Å². The standard InChI is InChI=1S/C5H9.Rh/c1-2-4-5-3-1;/h1H,2-5H2;/q-1;. The van der Waals surface area contributed by atoms with Crippen LogP contribution in [0.25, 0.3) is 0 Å². The molecule has 0 spiro atoms. The maximum Gasteiger partial charge on any atom is 0 e. The minimum atomic E-state index is 0. The van der Waals surface area contributed by atoms with Crippen molar-refractivity contribution in [3.8, 4) is 0 Å². The predicted octanol–water partition coefficient (Wildman–Crippen LogP) is 1.76. The van der Waals surface area contributed by atoms with Crippen molar-refractivity contribution in [3.63, 3.8) is 0 Å². The first-order valence-electron chi connectivity index (χ1n) is 2.32. The normalized spacial score (nSPS) is 20.0. The van der Waals surface area contributed by atoms with Gasteiger partial charge in [-0.15, -0.1) is 0 Å². The molecule has 0 aromatic rings. The van der Waals surface area contributed by atoms with Crippen molar-refractivity contribution in [1.29, 1.82) is 0 Å². The Morgan fingerprint density at radius 1 is 1.00 bits per heavy atom. The predicted molar refractivity (Wildman–Crippen MR) is 22.8 cm³/mol. The molecule has 0 N–H and O–H groups in total. The summed E-state index contributed by atoms with van der Waals surface area (Å²) in [6.07, 6.45) is 8.00. The monoisotopic (exact) mass is 172 g/mol. The molecule has 0 heterocycles. The molecule has 0 aromatic heterocycles. The van der Waals surface area contributed by atoms with Crippen LogP contribution in [0.3, 0.4) is 0 Å². The SMILES string of the molecule is [CH-]1CCCC1.[Rh]. The van der Waals surface area contributed by atoms with Gasteiger partial charge in [-0.3, -0.25) is 0 Å². The summed E-state index contributed by atoms with van der Waals surface area (Å²) in [5, 5.41) is 0. The van der Waals surface area contributed by atoms with Crippen LogP contribution >= 0.6 is 0 Å². The van der Waals surface area contributed by atoms with E-state index in [0.29, 0.717) is 0 Å². The molecule has 1 aliphatic carbocycles. The van der Waals surface area contributed by atoms with Gasteiger partial charge < -0.3 is 6.42 Å². The molecule has 0 amide bonds. The van der Waals surface area contributed by atoms with Gasteiger partial charge in [-0.25, -0.2) is 0 Å². The summed E-state index contributed by atoms with van der Waals surface area (Å²) >= 11 is 0. The first kappa shape index (κ1) is 6.62. The Labute approximate surface area is 52.1 Å². The molecule has 6 heavy (non-hydrogen) atoms. The van der Waals surface area contributed by atoms with E-state index in [-0.39, 0.29) is 19.5 Å². The molecule has 0 unspecified atom stereocenters. The van der Waals surface area contributed by atoms with Gasteiger partial charge in [0.05, 0.1) is 0 Å². The zero-order chi connectivity index (χ0) is 3.54. The zero-order valence-corrected chi connectivity index (χ0v) is 5.38. The maximum atomic E-state index is 2.36. The fourth-order valence-electron chi connectivity index (χ4n) is 0.722. The zero-order valence-electron chi connectivity index (χ0n) is 3.74. The van der Waals surface area contributed by atoms with Gasteiger partial charge in [0.2, 0.25) is 0 Å². The second-order valence-electron chi connectivity index (χ2n) is 1.57. The van der Waals surface area contributed by atoms with Crippen LogP contribution in [0.15, 0.2) is 0 Å². The van der Waals surface area contributed by atoms with E-state index in [1.165, 1.54) is 25.7 Å². The Kier molecular flexibility index (Phi) is 4.20. The van der Waals surface area contributed by atoms with E-state index in [2.05, 4.69) is 6.42 Å². The molecular formula is C5H9Rh-. The van der Waals surface area contributed by atoms with Gasteiger partial charge in [0, 0.05) is 19.5 Å². The molecule has 1 fully saturated rings. The molecule has 1 heteroatoms. The quantitative estimate of drug-likeness (QED) is 0.385. The molecule has 1 rings (SSSR count). The van der Waals surface area contributed by atoms with Crippen LogP contribution < -0.4 is 0 Å². The third-order valence-corrected chi connectivity index (χ3v) is 1.07. The van der Waals surface area contributed by atoms with E-state index in [1.807, 2.05) is 0 Å². The topological polar surface area (TPSA) is 0 Å². The Bertz CT molecular complexity index is 15.5. The molecule has 1 saturated carbocycles. The minimum Gasteiger partial charge on any atom is -0.328 e. The summed E-state index contributed by atoms with van der Waals surface area (Å²) in [6.45, 7) is 0. The van der Waals surface area contributed by atoms with Crippen LogP contribution in [0.4, 0.5) is 0 Å². The van der Waals surface area contributed by atoms with E-state index in [9.17, 15) is 0 Å². The van der Waals surface area contributed by atoms with Crippen molar-refractivity contribution in [2.45, 2.75) is 25.7 Å². The fraction of sp³-hybridized carbons (Fsp3) is 0.800. The molecule has 0 saturated heterocycles. The van der Waals surface area contributed by atoms with E-state index >= 15 is 0 Å². The van der Waals surface area contributed by atoms with Crippen LogP contribution in [-0.2, 0) is 19.5 Å². The average Bonchev–Trinajstić information content (AvgIpc) is 1.76. The van der Waals surface area contributed by atoms with E-state index in [1.54, 1.807) is 0 Å². The second-order valence-corrected chi connectivity index (χ2v) is 1.57. The number of hydrogen-bond acceptors (Lipinski definition) is 0. The van der Waals surface area contributed by atoms with Crippen molar-refractivity contribution in [3.05, 3.63) is 6.42 Å². The van der Waals surface area contributed by atoms with E-state index in [4.69, 9.17) is 0 Å².